The highest BCUT2D eigenvalue weighted by molar-refractivity contribution is 5.90. The van der Waals surface area contributed by atoms with Gasteiger partial charge < -0.3 is 23.7 Å². The van der Waals surface area contributed by atoms with Crippen molar-refractivity contribution in [3.05, 3.63) is 157 Å². The van der Waals surface area contributed by atoms with Crippen molar-refractivity contribution in [2.45, 2.75) is 115 Å². The molecular formula is C52H50O8. The van der Waals surface area contributed by atoms with Crippen LogP contribution in [0, 0.1) is 17.8 Å². The van der Waals surface area contributed by atoms with Gasteiger partial charge in [-0.3, -0.25) is 4.79 Å². The largest absolute Gasteiger partial charge is 0.482 e. The Morgan fingerprint density at radius 2 is 1.70 bits per heavy atom. The lowest BCUT2D eigenvalue weighted by atomic mass is 9.67. The van der Waals surface area contributed by atoms with E-state index in [0.29, 0.717) is 41.5 Å². The van der Waals surface area contributed by atoms with Crippen molar-refractivity contribution in [3.8, 4) is 17.6 Å². The zero-order chi connectivity index (χ0) is 41.5. The molecule has 5 bridgehead atoms. The van der Waals surface area contributed by atoms with E-state index in [9.17, 15) is 19.5 Å². The van der Waals surface area contributed by atoms with Crippen LogP contribution < -0.4 is 10.4 Å². The van der Waals surface area contributed by atoms with Crippen LogP contribution in [-0.2, 0) is 44.9 Å². The fourth-order valence-electron chi connectivity index (χ4n) is 10.1. The van der Waals surface area contributed by atoms with Gasteiger partial charge in [0.1, 0.15) is 11.3 Å². The first-order chi connectivity index (χ1) is 29.1. The number of ether oxygens (including phenoxy) is 3. The number of rotatable bonds is 4. The highest BCUT2D eigenvalue weighted by Gasteiger charge is 2.53. The summed E-state index contributed by atoms with van der Waals surface area (Å²) in [6.45, 7) is 5.21. The molecule has 8 nitrogen and oxygen atoms in total. The van der Waals surface area contributed by atoms with Crippen LogP contribution in [0.15, 0.2) is 111 Å². The molecule has 60 heavy (non-hydrogen) atoms. The molecule has 306 valence electrons. The van der Waals surface area contributed by atoms with Gasteiger partial charge in [-0.25, -0.2) is 9.59 Å². The second-order valence-electron chi connectivity index (χ2n) is 17.5. The van der Waals surface area contributed by atoms with Crippen molar-refractivity contribution in [2.24, 2.45) is 5.92 Å². The number of allylic oxidation sites excluding steroid dienone is 1. The Bertz CT molecular complexity index is 2640. The lowest BCUT2D eigenvalue weighted by molar-refractivity contribution is -0.190. The molecule has 9 rings (SSSR count). The smallest absolute Gasteiger partial charge is 0.336 e. The van der Waals surface area contributed by atoms with E-state index in [1.165, 1.54) is 28.3 Å². The number of carbonyl (C=O) groups excluding carboxylic acids is 2. The summed E-state index contributed by atoms with van der Waals surface area (Å²) in [6.07, 6.45) is 3.00. The monoisotopic (exact) mass is 802 g/mol. The number of aliphatic hydroxyl groups is 1. The number of hydrogen-bond acceptors (Lipinski definition) is 8. The van der Waals surface area contributed by atoms with Gasteiger partial charge in [-0.05, 0) is 128 Å². The lowest BCUT2D eigenvalue weighted by Gasteiger charge is -2.45. The summed E-state index contributed by atoms with van der Waals surface area (Å²) < 4.78 is 25.8. The van der Waals surface area contributed by atoms with E-state index >= 15 is 0 Å². The quantitative estimate of drug-likeness (QED) is 0.0828. The first-order valence-electron chi connectivity index (χ1n) is 21.2. The average molecular weight is 803 g/mol. The zero-order valence-corrected chi connectivity index (χ0v) is 34.4. The van der Waals surface area contributed by atoms with Gasteiger partial charge in [0.05, 0.1) is 18.6 Å². The second-order valence-corrected chi connectivity index (χ2v) is 17.5. The molecule has 1 saturated carbocycles. The Labute approximate surface area is 350 Å². The van der Waals surface area contributed by atoms with Crippen molar-refractivity contribution in [1.29, 1.82) is 0 Å². The van der Waals surface area contributed by atoms with Gasteiger partial charge in [-0.15, -0.1) is 0 Å². The van der Waals surface area contributed by atoms with Gasteiger partial charge in [0.2, 0.25) is 0 Å². The summed E-state index contributed by atoms with van der Waals surface area (Å²) in [4.78, 5) is 42.2. The topological polar surface area (TPSA) is 112 Å². The fraction of sp³-hybridized carbons (Fsp3) is 0.365. The highest BCUT2D eigenvalue weighted by atomic mass is 16.6. The van der Waals surface area contributed by atoms with E-state index in [-0.39, 0.29) is 41.7 Å². The summed E-state index contributed by atoms with van der Waals surface area (Å²) in [7, 11) is 0. The lowest BCUT2D eigenvalue weighted by Crippen LogP contribution is -2.54. The fourth-order valence-corrected chi connectivity index (χ4v) is 10.1. The molecule has 6 atom stereocenters. The number of aliphatic hydroxyl groups excluding tert-OH is 1. The summed E-state index contributed by atoms with van der Waals surface area (Å²) in [5.41, 5.74) is 7.45. The minimum atomic E-state index is -1.27. The normalized spacial score (nSPS) is 25.0. The SMILES string of the molecule is CC(C)=C1CCc2ccc3c(c2)CC#CC[C@@]2(C)Oc4ccc5c(CO)cc(=O)oc5c4[C@@H](OC(=O)C[C@H]4C[C@@H](c5cccc(Cc6ccccc6)c5)CC[C@H]34)[C@@H]2OC1=O. The molecule has 8 heteroatoms. The third-order valence-electron chi connectivity index (χ3n) is 13.2. The van der Waals surface area contributed by atoms with Crippen LogP contribution in [0.2, 0.25) is 0 Å². The van der Waals surface area contributed by atoms with Crippen LogP contribution in [0.3, 0.4) is 0 Å². The van der Waals surface area contributed by atoms with E-state index in [4.69, 9.17) is 18.6 Å². The molecule has 3 aliphatic heterocycles. The molecule has 0 unspecified atom stereocenters. The number of fused-ring (bicyclic) bond motifs is 9. The number of esters is 2. The molecule has 4 heterocycles. The van der Waals surface area contributed by atoms with Gasteiger partial charge in [-0.2, -0.15) is 0 Å². The molecular weight excluding hydrogens is 753 g/mol. The van der Waals surface area contributed by atoms with E-state index in [2.05, 4.69) is 78.6 Å². The second kappa shape index (κ2) is 16.3. The third kappa shape index (κ3) is 7.68. The van der Waals surface area contributed by atoms with Crippen LogP contribution in [0.5, 0.6) is 5.75 Å². The third-order valence-corrected chi connectivity index (χ3v) is 13.2. The molecule has 0 radical (unpaired) electrons. The number of hydrogen-bond donors (Lipinski definition) is 1. The molecule has 0 amide bonds. The van der Waals surface area contributed by atoms with Gasteiger partial charge in [0.15, 0.2) is 17.8 Å². The molecule has 4 aliphatic rings. The van der Waals surface area contributed by atoms with E-state index in [1.54, 1.807) is 12.1 Å². The van der Waals surface area contributed by atoms with Crippen molar-refractivity contribution in [2.75, 3.05) is 0 Å². The van der Waals surface area contributed by atoms with Crippen molar-refractivity contribution < 1.29 is 33.3 Å². The standard InChI is InChI=1S/C52H50O8/c1-31(2)40-18-15-33-16-19-41-37(25-33)13-7-8-23-52(3)50(59-51(40)56)49(47-44(60-52)22-21-43-39(30-53)29-46(55)57-48(43)47)58-45(54)28-38-27-36(17-20-42(38)41)35-14-9-12-34(26-35)24-32-10-5-4-6-11-32/h4-6,9-12,14,16,19,21-22,25-26,29,36,38,42,49-50,53H,13,15,17-18,20,23-24,27-28,30H2,1-3H3/t36-,38+,42-,49+,50-,52+/m0/s1. The number of benzene rings is 4. The van der Waals surface area contributed by atoms with Gasteiger partial charge >= 0.3 is 17.6 Å². The first kappa shape index (κ1) is 39.5. The molecule has 4 aromatic carbocycles. The van der Waals surface area contributed by atoms with Gasteiger partial charge in [-0.1, -0.05) is 90.2 Å². The average Bonchev–Trinajstić information content (AvgIpc) is 3.23. The summed E-state index contributed by atoms with van der Waals surface area (Å²) in [6, 6.07) is 30.7. The van der Waals surface area contributed by atoms with Crippen LogP contribution >= 0.6 is 0 Å². The molecule has 0 spiro atoms. The van der Waals surface area contributed by atoms with Crippen molar-refractivity contribution in [1.82, 2.24) is 0 Å². The van der Waals surface area contributed by atoms with Crippen LogP contribution in [0.4, 0.5) is 0 Å². The summed E-state index contributed by atoms with van der Waals surface area (Å²) in [5.74, 6) is 6.43. The Morgan fingerprint density at radius 1 is 0.867 bits per heavy atom. The van der Waals surface area contributed by atoms with Crippen LogP contribution in [0.1, 0.15) is 122 Å². The van der Waals surface area contributed by atoms with Crippen LogP contribution in [-0.4, -0.2) is 28.8 Å². The Balaban J connectivity index is 1.18. The Morgan fingerprint density at radius 3 is 2.52 bits per heavy atom. The predicted octanol–water partition coefficient (Wildman–Crippen LogP) is 9.51. The zero-order valence-electron chi connectivity index (χ0n) is 34.4. The molecule has 5 aromatic rings. The van der Waals surface area contributed by atoms with E-state index < -0.39 is 42.0 Å². The molecule has 0 saturated heterocycles. The Hall–Kier alpha value is -5.91. The number of carbonyl (C=O) groups is 2. The van der Waals surface area contributed by atoms with Crippen molar-refractivity contribution in [3.63, 3.8) is 0 Å². The van der Waals surface area contributed by atoms with E-state index in [0.717, 1.165) is 42.4 Å². The summed E-state index contributed by atoms with van der Waals surface area (Å²) in [5, 5.41) is 10.7. The highest BCUT2D eigenvalue weighted by Crippen LogP contribution is 2.51. The summed E-state index contributed by atoms with van der Waals surface area (Å²) >= 11 is 0. The van der Waals surface area contributed by atoms with Gasteiger partial charge in [0.25, 0.3) is 0 Å². The molecule has 1 fully saturated rings. The number of aryl methyl sites for hydroxylation is 1. The van der Waals surface area contributed by atoms with Crippen LogP contribution in [0.25, 0.3) is 11.0 Å². The van der Waals surface area contributed by atoms with Crippen molar-refractivity contribution >= 4 is 22.9 Å². The maximum Gasteiger partial charge on any atom is 0.336 e. The first-order valence-corrected chi connectivity index (χ1v) is 21.2. The predicted molar refractivity (Wildman–Crippen MR) is 229 cm³/mol. The maximum absolute atomic E-state index is 14.8. The Kier molecular flexibility index (Phi) is 10.7. The minimum Gasteiger partial charge on any atom is -0.482 e. The molecule has 1 aliphatic carbocycles. The van der Waals surface area contributed by atoms with E-state index in [1.807, 2.05) is 26.8 Å². The maximum atomic E-state index is 14.8. The molecule has 1 aromatic heterocycles. The van der Waals surface area contributed by atoms with Gasteiger partial charge in [0, 0.05) is 29.9 Å². The minimum absolute atomic E-state index is 0.0714. The molecule has 1 N–H and O–H groups in total.